The number of esters is 1. The van der Waals surface area contributed by atoms with Crippen molar-refractivity contribution in [1.82, 2.24) is 4.90 Å². The molecule has 2 rings (SSSR count). The molecule has 0 aromatic heterocycles. The Kier molecular flexibility index (Phi) is 8.12. The largest absolute Gasteiger partial charge is 0.493 e. The van der Waals surface area contributed by atoms with Gasteiger partial charge in [-0.3, -0.25) is 14.5 Å². The third kappa shape index (κ3) is 5.71. The van der Waals surface area contributed by atoms with Gasteiger partial charge in [-0.05, 0) is 30.2 Å². The van der Waals surface area contributed by atoms with Crippen LogP contribution in [0.4, 0.5) is 0 Å². The molecule has 1 aliphatic heterocycles. The lowest BCUT2D eigenvalue weighted by Crippen LogP contribution is -2.34. The molecule has 1 aromatic rings. The Labute approximate surface area is 168 Å². The summed E-state index contributed by atoms with van der Waals surface area (Å²) in [5.41, 5.74) is 0.773. The van der Waals surface area contributed by atoms with Gasteiger partial charge in [-0.1, -0.05) is 49.8 Å². The van der Waals surface area contributed by atoms with Gasteiger partial charge in [0.05, 0.1) is 25.7 Å². The van der Waals surface area contributed by atoms with Gasteiger partial charge in [-0.25, -0.2) is 0 Å². The van der Waals surface area contributed by atoms with Crippen molar-refractivity contribution in [2.75, 3.05) is 27.4 Å². The zero-order chi connectivity index (χ0) is 19.8. The topological polar surface area (TPSA) is 65.1 Å². The number of rotatable bonds is 9. The maximum Gasteiger partial charge on any atom is 0.326 e. The molecule has 146 valence electrons. The molecule has 1 amide bonds. The van der Waals surface area contributed by atoms with E-state index in [9.17, 15) is 9.59 Å². The Balaban J connectivity index is 2.04. The molecule has 0 atom stereocenters. The number of thioether (sulfide) groups is 1. The Hall–Kier alpha value is -2.06. The summed E-state index contributed by atoms with van der Waals surface area (Å²) in [5, 5.41) is 0. The number of amides is 1. The van der Waals surface area contributed by atoms with E-state index in [2.05, 4.69) is 6.92 Å². The van der Waals surface area contributed by atoms with Gasteiger partial charge < -0.3 is 14.2 Å². The highest BCUT2D eigenvalue weighted by atomic mass is 32.2. The lowest BCUT2D eigenvalue weighted by atomic mass is 10.2. The van der Waals surface area contributed by atoms with Crippen molar-refractivity contribution < 1.29 is 23.8 Å². The lowest BCUT2D eigenvalue weighted by molar-refractivity contribution is -0.146. The van der Waals surface area contributed by atoms with E-state index in [4.69, 9.17) is 26.4 Å². The predicted octanol–water partition coefficient (Wildman–Crippen LogP) is 3.64. The Morgan fingerprint density at radius 2 is 1.96 bits per heavy atom. The first-order valence-electron chi connectivity index (χ1n) is 8.63. The van der Waals surface area contributed by atoms with Crippen molar-refractivity contribution in [3.63, 3.8) is 0 Å². The molecule has 0 N–H and O–H groups in total. The van der Waals surface area contributed by atoms with Crippen LogP contribution < -0.4 is 9.47 Å². The SMILES string of the molecule is CCCCCOC(=O)CN1C(=O)/C(=C/c2ccc(OC)c(OC)c2)SC1=S. The van der Waals surface area contributed by atoms with Crippen LogP contribution in [-0.2, 0) is 14.3 Å². The van der Waals surface area contributed by atoms with Crippen LogP contribution in [0.5, 0.6) is 11.5 Å². The first-order chi connectivity index (χ1) is 13.0. The number of ether oxygens (including phenoxy) is 3. The molecular formula is C19H23NO5S2. The van der Waals surface area contributed by atoms with Gasteiger partial charge in [0, 0.05) is 0 Å². The zero-order valence-corrected chi connectivity index (χ0v) is 17.3. The summed E-state index contributed by atoms with van der Waals surface area (Å²) in [6.07, 6.45) is 4.59. The van der Waals surface area contributed by atoms with Crippen LogP contribution in [0.3, 0.4) is 0 Å². The molecule has 27 heavy (non-hydrogen) atoms. The molecule has 0 unspecified atom stereocenters. The number of hydrogen-bond acceptors (Lipinski definition) is 7. The van der Waals surface area contributed by atoms with E-state index in [0.29, 0.717) is 27.3 Å². The first kappa shape index (κ1) is 21.2. The normalized spacial score (nSPS) is 15.4. The second kappa shape index (κ2) is 10.3. The maximum absolute atomic E-state index is 12.6. The summed E-state index contributed by atoms with van der Waals surface area (Å²) in [5.74, 6) is 0.422. The summed E-state index contributed by atoms with van der Waals surface area (Å²) < 4.78 is 16.0. The van der Waals surface area contributed by atoms with Gasteiger partial charge in [0.2, 0.25) is 0 Å². The molecular weight excluding hydrogens is 386 g/mol. The molecule has 0 bridgehead atoms. The third-order valence-corrected chi connectivity index (χ3v) is 5.25. The summed E-state index contributed by atoms with van der Waals surface area (Å²) in [6.45, 7) is 2.27. The fourth-order valence-corrected chi connectivity index (χ4v) is 3.70. The van der Waals surface area contributed by atoms with E-state index in [1.165, 1.54) is 4.90 Å². The van der Waals surface area contributed by atoms with Gasteiger partial charge >= 0.3 is 5.97 Å². The number of methoxy groups -OCH3 is 2. The summed E-state index contributed by atoms with van der Waals surface area (Å²) >= 11 is 6.41. The van der Waals surface area contributed by atoms with Crippen molar-refractivity contribution in [1.29, 1.82) is 0 Å². The van der Waals surface area contributed by atoms with Crippen LogP contribution in [-0.4, -0.2) is 48.5 Å². The molecule has 1 saturated heterocycles. The van der Waals surface area contributed by atoms with Crippen molar-refractivity contribution in [2.24, 2.45) is 0 Å². The molecule has 0 radical (unpaired) electrons. The highest BCUT2D eigenvalue weighted by Crippen LogP contribution is 2.34. The van der Waals surface area contributed by atoms with E-state index in [-0.39, 0.29) is 12.5 Å². The molecule has 0 spiro atoms. The fourth-order valence-electron chi connectivity index (χ4n) is 2.44. The number of carbonyl (C=O) groups is 2. The number of unbranched alkanes of at least 4 members (excludes halogenated alkanes) is 2. The van der Waals surface area contributed by atoms with Crippen LogP contribution in [0.15, 0.2) is 23.1 Å². The van der Waals surface area contributed by atoms with Crippen LogP contribution >= 0.6 is 24.0 Å². The summed E-state index contributed by atoms with van der Waals surface area (Å²) in [7, 11) is 3.11. The Morgan fingerprint density at radius 3 is 2.63 bits per heavy atom. The standard InChI is InChI=1S/C19H23NO5S2/c1-4-5-6-9-25-17(21)12-20-18(22)16(27-19(20)26)11-13-7-8-14(23-2)15(10-13)24-3/h7-8,10-11H,4-6,9,12H2,1-3H3/b16-11-. The number of thiocarbonyl (C=S) groups is 1. The minimum Gasteiger partial charge on any atom is -0.493 e. The molecule has 6 nitrogen and oxygen atoms in total. The maximum atomic E-state index is 12.6. The zero-order valence-electron chi connectivity index (χ0n) is 15.6. The minimum absolute atomic E-state index is 0.167. The quantitative estimate of drug-likeness (QED) is 0.267. The highest BCUT2D eigenvalue weighted by molar-refractivity contribution is 8.26. The average Bonchev–Trinajstić information content (AvgIpc) is 2.92. The number of nitrogens with zero attached hydrogens (tertiary/aromatic N) is 1. The minimum atomic E-state index is -0.449. The van der Waals surface area contributed by atoms with Crippen molar-refractivity contribution in [3.8, 4) is 11.5 Å². The van der Waals surface area contributed by atoms with Crippen molar-refractivity contribution >= 4 is 46.3 Å². The lowest BCUT2D eigenvalue weighted by Gasteiger charge is -2.13. The fraction of sp³-hybridized carbons (Fsp3) is 0.421. The molecule has 1 heterocycles. The van der Waals surface area contributed by atoms with Gasteiger partial charge in [0.1, 0.15) is 10.9 Å². The molecule has 1 aliphatic rings. The van der Waals surface area contributed by atoms with Crippen LogP contribution in [0.25, 0.3) is 6.08 Å². The van der Waals surface area contributed by atoms with Gasteiger partial charge in [-0.15, -0.1) is 0 Å². The van der Waals surface area contributed by atoms with E-state index in [1.807, 2.05) is 6.07 Å². The smallest absolute Gasteiger partial charge is 0.326 e. The van der Waals surface area contributed by atoms with Crippen molar-refractivity contribution in [3.05, 3.63) is 28.7 Å². The van der Waals surface area contributed by atoms with Crippen molar-refractivity contribution in [2.45, 2.75) is 26.2 Å². The molecule has 0 saturated carbocycles. The van der Waals surface area contributed by atoms with Gasteiger partial charge in [0.25, 0.3) is 5.91 Å². The van der Waals surface area contributed by atoms with Gasteiger partial charge in [0.15, 0.2) is 11.5 Å². The predicted molar refractivity (Wildman–Crippen MR) is 110 cm³/mol. The molecule has 1 aromatic carbocycles. The average molecular weight is 410 g/mol. The highest BCUT2D eigenvalue weighted by Gasteiger charge is 2.33. The van der Waals surface area contributed by atoms with E-state index >= 15 is 0 Å². The Morgan fingerprint density at radius 1 is 1.22 bits per heavy atom. The summed E-state index contributed by atoms with van der Waals surface area (Å²) in [4.78, 5) is 26.3. The van der Waals surface area contributed by atoms with Gasteiger partial charge in [-0.2, -0.15) is 0 Å². The number of benzene rings is 1. The molecule has 1 fully saturated rings. The van der Waals surface area contributed by atoms with E-state index in [0.717, 1.165) is 36.6 Å². The van der Waals surface area contributed by atoms with Crippen LogP contribution in [0.1, 0.15) is 31.7 Å². The monoisotopic (exact) mass is 409 g/mol. The second-order valence-electron chi connectivity index (χ2n) is 5.81. The van der Waals surface area contributed by atoms with Crippen LogP contribution in [0, 0.1) is 0 Å². The second-order valence-corrected chi connectivity index (χ2v) is 7.49. The number of hydrogen-bond donors (Lipinski definition) is 0. The third-order valence-electron chi connectivity index (χ3n) is 3.88. The Bertz CT molecular complexity index is 748. The van der Waals surface area contributed by atoms with Crippen LogP contribution in [0.2, 0.25) is 0 Å². The molecule has 8 heteroatoms. The molecule has 0 aliphatic carbocycles. The van der Waals surface area contributed by atoms with E-state index < -0.39 is 5.97 Å². The number of carbonyl (C=O) groups excluding carboxylic acids is 2. The first-order valence-corrected chi connectivity index (χ1v) is 9.85. The van der Waals surface area contributed by atoms with E-state index in [1.54, 1.807) is 32.4 Å². The summed E-state index contributed by atoms with van der Waals surface area (Å²) in [6, 6.07) is 5.35.